The number of dihydropyridines is 1. The number of hydrogen-bond acceptors (Lipinski definition) is 13. The number of nitrogens with zero attached hydrogens (tertiary/aromatic N) is 2. The Hall–Kier alpha value is -4.97. The number of allylic oxidation sites excluding steroid dienone is 2. The van der Waals surface area contributed by atoms with E-state index < -0.39 is 28.9 Å². The van der Waals surface area contributed by atoms with Crippen molar-refractivity contribution in [3.05, 3.63) is 86.7 Å². The number of aliphatic hydroxyl groups excluding tert-OH is 1. The topological polar surface area (TPSA) is 192 Å². The Morgan fingerprint density at radius 2 is 1.72 bits per heavy atom. The highest BCUT2D eigenvalue weighted by atomic mass is 16.6. The number of ether oxygens (including phenoxy) is 5. The van der Waals surface area contributed by atoms with Gasteiger partial charge in [0.15, 0.2) is 0 Å². The molecular weight excluding hydrogens is 600 g/mol. The molecule has 2 aromatic carbocycles. The monoisotopic (exact) mass is 638 g/mol. The van der Waals surface area contributed by atoms with Gasteiger partial charge in [-0.15, -0.1) is 0 Å². The van der Waals surface area contributed by atoms with Crippen molar-refractivity contribution in [1.82, 2.24) is 10.6 Å². The van der Waals surface area contributed by atoms with Crippen molar-refractivity contribution in [2.45, 2.75) is 38.8 Å². The van der Waals surface area contributed by atoms with Crippen LogP contribution in [0, 0.1) is 21.4 Å². The van der Waals surface area contributed by atoms with Crippen molar-refractivity contribution in [2.24, 2.45) is 0 Å². The highest BCUT2D eigenvalue weighted by Crippen LogP contribution is 2.40. The van der Waals surface area contributed by atoms with E-state index in [9.17, 15) is 30.1 Å². The number of hydrogen-bond donors (Lipinski definition) is 3. The Morgan fingerprint density at radius 1 is 1.04 bits per heavy atom. The number of nitro groups is 1. The van der Waals surface area contributed by atoms with Crippen LogP contribution in [0.15, 0.2) is 71.1 Å². The number of rotatable bonds is 17. The summed E-state index contributed by atoms with van der Waals surface area (Å²) in [6.07, 6.45) is -0.630. The van der Waals surface area contributed by atoms with Crippen molar-refractivity contribution in [3.63, 3.8) is 0 Å². The van der Waals surface area contributed by atoms with Crippen LogP contribution >= 0.6 is 0 Å². The van der Waals surface area contributed by atoms with Crippen LogP contribution in [0.2, 0.25) is 0 Å². The Kier molecular flexibility index (Phi) is 13.5. The predicted octanol–water partition coefficient (Wildman–Crippen LogP) is 2.88. The van der Waals surface area contributed by atoms with Gasteiger partial charge in [-0.05, 0) is 36.8 Å². The first-order valence-electron chi connectivity index (χ1n) is 14.5. The zero-order valence-corrected chi connectivity index (χ0v) is 26.1. The van der Waals surface area contributed by atoms with Crippen molar-refractivity contribution in [2.75, 3.05) is 46.7 Å². The lowest BCUT2D eigenvalue weighted by atomic mass is 9.80. The minimum atomic E-state index is -1.16. The number of carbonyl (C=O) groups excluding carboxylic acids is 2. The number of benzene rings is 2. The highest BCUT2D eigenvalue weighted by molar-refractivity contribution is 6.00. The maximum Gasteiger partial charge on any atom is 0.337 e. The fourth-order valence-electron chi connectivity index (χ4n) is 4.51. The van der Waals surface area contributed by atoms with Crippen LogP contribution in [-0.2, 0) is 23.8 Å². The smallest absolute Gasteiger partial charge is 0.337 e. The van der Waals surface area contributed by atoms with Gasteiger partial charge in [0.25, 0.3) is 5.69 Å². The summed E-state index contributed by atoms with van der Waals surface area (Å²) in [5.41, 5.74) is -0.0918. The van der Waals surface area contributed by atoms with Gasteiger partial charge in [-0.3, -0.25) is 10.1 Å². The zero-order chi connectivity index (χ0) is 33.6. The van der Waals surface area contributed by atoms with Crippen LogP contribution in [0.4, 0.5) is 5.69 Å². The van der Waals surface area contributed by atoms with Gasteiger partial charge in [0, 0.05) is 30.4 Å². The Bertz CT molecular complexity index is 1480. The van der Waals surface area contributed by atoms with Crippen LogP contribution in [0.3, 0.4) is 0 Å². The van der Waals surface area contributed by atoms with Gasteiger partial charge >= 0.3 is 11.9 Å². The van der Waals surface area contributed by atoms with E-state index >= 15 is 0 Å². The first-order valence-corrected chi connectivity index (χ1v) is 14.5. The summed E-state index contributed by atoms with van der Waals surface area (Å²) < 4.78 is 27.1. The molecule has 0 aromatic heterocycles. The van der Waals surface area contributed by atoms with E-state index in [0.29, 0.717) is 18.0 Å². The molecule has 1 aliphatic rings. The van der Waals surface area contributed by atoms with Gasteiger partial charge in [0.2, 0.25) is 0 Å². The summed E-state index contributed by atoms with van der Waals surface area (Å²) >= 11 is 0. The van der Waals surface area contributed by atoms with Crippen molar-refractivity contribution in [1.29, 1.82) is 5.26 Å². The molecule has 2 atom stereocenters. The average molecular weight is 639 g/mol. The molecule has 46 heavy (non-hydrogen) atoms. The summed E-state index contributed by atoms with van der Waals surface area (Å²) in [5, 5.41) is 37.0. The van der Waals surface area contributed by atoms with Crippen molar-refractivity contribution < 1.29 is 43.3 Å². The second kappa shape index (κ2) is 17.5. The summed E-state index contributed by atoms with van der Waals surface area (Å²) in [7, 11) is 1.13. The van der Waals surface area contributed by atoms with Gasteiger partial charge < -0.3 is 39.4 Å². The lowest BCUT2D eigenvalue weighted by Crippen LogP contribution is -2.35. The SMILES string of the molecule is COC(=O)C1=C(C#N)NC(C)=C(C(=O)OCCOCCOc2ccc(OCC(O)CNC(C)C)cc2)C1c1cccc([N+](=O)[O-])c1. The van der Waals surface area contributed by atoms with E-state index in [-0.39, 0.29) is 72.9 Å². The molecule has 14 heteroatoms. The molecule has 14 nitrogen and oxygen atoms in total. The molecule has 0 radical (unpaired) electrons. The molecule has 1 aliphatic heterocycles. The fourth-order valence-corrected chi connectivity index (χ4v) is 4.51. The molecule has 0 fully saturated rings. The lowest BCUT2D eigenvalue weighted by molar-refractivity contribution is -0.384. The Morgan fingerprint density at radius 3 is 2.35 bits per heavy atom. The summed E-state index contributed by atoms with van der Waals surface area (Å²) in [6, 6.07) is 14.5. The van der Waals surface area contributed by atoms with E-state index in [0.717, 1.165) is 7.11 Å². The van der Waals surface area contributed by atoms with Crippen LogP contribution in [0.25, 0.3) is 0 Å². The lowest BCUT2D eigenvalue weighted by Gasteiger charge is -2.29. The van der Waals surface area contributed by atoms with Crippen LogP contribution in [0.5, 0.6) is 11.5 Å². The predicted molar refractivity (Wildman–Crippen MR) is 165 cm³/mol. The second-order valence-corrected chi connectivity index (χ2v) is 10.4. The van der Waals surface area contributed by atoms with Gasteiger partial charge in [0.05, 0.1) is 42.3 Å². The van der Waals surface area contributed by atoms with Gasteiger partial charge in [-0.2, -0.15) is 5.26 Å². The molecule has 1 heterocycles. The van der Waals surface area contributed by atoms with Gasteiger partial charge in [0.1, 0.15) is 49.2 Å². The van der Waals surface area contributed by atoms with Crippen molar-refractivity contribution >= 4 is 17.6 Å². The molecule has 0 spiro atoms. The molecule has 0 amide bonds. The summed E-state index contributed by atoms with van der Waals surface area (Å²) in [4.78, 5) is 36.9. The van der Waals surface area contributed by atoms with E-state index in [1.807, 2.05) is 19.9 Å². The van der Waals surface area contributed by atoms with Crippen LogP contribution in [0.1, 0.15) is 32.3 Å². The molecule has 0 saturated heterocycles. The molecule has 2 unspecified atom stereocenters. The third kappa shape index (κ3) is 10.0. The number of nitrogens with one attached hydrogen (secondary N) is 2. The minimum absolute atomic E-state index is 0.00242. The van der Waals surface area contributed by atoms with Gasteiger partial charge in [-0.1, -0.05) is 26.0 Å². The van der Waals surface area contributed by atoms with Gasteiger partial charge in [-0.25, -0.2) is 9.59 Å². The molecule has 0 saturated carbocycles. The zero-order valence-electron chi connectivity index (χ0n) is 26.1. The maximum absolute atomic E-state index is 13.3. The third-order valence-electron chi connectivity index (χ3n) is 6.70. The summed E-state index contributed by atoms with van der Waals surface area (Å²) in [6.45, 7) is 6.45. The largest absolute Gasteiger partial charge is 0.491 e. The standard InChI is InChI=1S/C32H38N4O10/c1-20(2)34-18-24(37)19-46-26-10-8-25(9-11-26)44-14-12-43-13-15-45-32(39)28-21(3)35-27(17-33)30(31(38)42-4)29(28)22-6-5-7-23(16-22)36(40)41/h5-11,16,20,24,29,34-35,37H,12-15,18-19H2,1-4H3. The number of methoxy groups -OCH3 is 1. The molecule has 2 aromatic rings. The quantitative estimate of drug-likeness (QED) is 0.0993. The number of esters is 2. The molecule has 246 valence electrons. The first kappa shape index (κ1) is 35.5. The molecular formula is C32H38N4O10. The first-order chi connectivity index (χ1) is 22.0. The Labute approximate surface area is 266 Å². The van der Waals surface area contributed by atoms with Crippen molar-refractivity contribution in [3.8, 4) is 17.6 Å². The number of aliphatic hydroxyl groups is 1. The van der Waals surface area contributed by atoms with E-state index in [1.165, 1.54) is 31.2 Å². The van der Waals surface area contributed by atoms with E-state index in [1.54, 1.807) is 24.3 Å². The molecule has 3 N–H and O–H groups in total. The number of nitro benzene ring substituents is 1. The second-order valence-electron chi connectivity index (χ2n) is 10.4. The number of carbonyl (C=O) groups is 2. The molecule has 0 aliphatic carbocycles. The minimum Gasteiger partial charge on any atom is -0.491 e. The number of non-ortho nitro benzene ring substituents is 1. The number of nitriles is 1. The Balaban J connectivity index is 1.52. The normalized spacial score (nSPS) is 15.1. The van der Waals surface area contributed by atoms with E-state index in [2.05, 4.69) is 10.6 Å². The third-order valence-corrected chi connectivity index (χ3v) is 6.70. The maximum atomic E-state index is 13.3. The summed E-state index contributed by atoms with van der Waals surface area (Å²) in [5.74, 6) is -1.65. The highest BCUT2D eigenvalue weighted by Gasteiger charge is 2.39. The molecule has 0 bridgehead atoms. The molecule has 3 rings (SSSR count). The van der Waals surface area contributed by atoms with Crippen LogP contribution in [-0.4, -0.2) is 80.8 Å². The average Bonchev–Trinajstić information content (AvgIpc) is 3.05. The van der Waals surface area contributed by atoms with Crippen LogP contribution < -0.4 is 20.1 Å². The van der Waals surface area contributed by atoms with E-state index in [4.69, 9.17) is 23.7 Å². The fraction of sp³-hybridized carbons (Fsp3) is 0.406.